The number of hydrogen-bond donors (Lipinski definition) is 1. The van der Waals surface area contributed by atoms with Crippen molar-refractivity contribution in [2.75, 3.05) is 30.3 Å². The van der Waals surface area contributed by atoms with Crippen LogP contribution in [0.2, 0.25) is 0 Å². The molecule has 0 spiro atoms. The van der Waals surface area contributed by atoms with Gasteiger partial charge in [-0.25, -0.2) is 4.79 Å². The number of carbonyl (C=O) groups is 2. The summed E-state index contributed by atoms with van der Waals surface area (Å²) >= 11 is 3.87. The molecule has 1 unspecified atom stereocenters. The molecule has 8 heteroatoms. The summed E-state index contributed by atoms with van der Waals surface area (Å²) in [6, 6.07) is 0.182. The van der Waals surface area contributed by atoms with Gasteiger partial charge in [0.2, 0.25) is 5.91 Å². The molecule has 132 valence electrons. The number of likely N-dealkylation sites (tertiary alicyclic amines) is 1. The van der Waals surface area contributed by atoms with E-state index in [9.17, 15) is 9.59 Å². The summed E-state index contributed by atoms with van der Waals surface area (Å²) in [6.45, 7) is 3.26. The number of aromatic nitrogens is 2. The molecule has 6 nitrogen and oxygen atoms in total. The monoisotopic (exact) mass is 369 g/mol. The maximum Gasteiger partial charge on any atom is 0.339 e. The Labute approximate surface area is 150 Å². The fraction of sp³-hybridized carbons (Fsp3) is 0.688. The van der Waals surface area contributed by atoms with Crippen LogP contribution in [0.1, 0.15) is 41.4 Å². The molecule has 0 saturated carbocycles. The molecule has 0 bridgehead atoms. The van der Waals surface area contributed by atoms with Crippen LogP contribution in [-0.4, -0.2) is 67.3 Å². The smallest absolute Gasteiger partial charge is 0.339 e. The Bertz CT molecular complexity index is 606. The zero-order valence-electron chi connectivity index (χ0n) is 13.8. The van der Waals surface area contributed by atoms with Gasteiger partial charge in [0.05, 0.1) is 17.9 Å². The molecule has 24 heavy (non-hydrogen) atoms. The molecule has 1 aromatic heterocycles. The molecule has 3 rings (SSSR count). The third-order valence-corrected chi connectivity index (χ3v) is 7.57. The van der Waals surface area contributed by atoms with E-state index in [-0.39, 0.29) is 17.5 Å². The molecular formula is C16H23N3O3S2. The molecular weight excluding hydrogens is 346 g/mol. The lowest BCUT2D eigenvalue weighted by molar-refractivity contribution is -0.132. The van der Waals surface area contributed by atoms with Gasteiger partial charge in [-0.15, -0.1) is 0 Å². The van der Waals surface area contributed by atoms with E-state index >= 15 is 0 Å². The maximum absolute atomic E-state index is 12.5. The van der Waals surface area contributed by atoms with Crippen molar-refractivity contribution in [3.8, 4) is 0 Å². The van der Waals surface area contributed by atoms with E-state index in [1.807, 2.05) is 33.1 Å². The van der Waals surface area contributed by atoms with Crippen LogP contribution < -0.4 is 0 Å². The number of amides is 1. The predicted octanol–water partition coefficient (Wildman–Crippen LogP) is 2.29. The molecule has 2 fully saturated rings. The molecule has 0 radical (unpaired) electrons. The van der Waals surface area contributed by atoms with E-state index in [0.717, 1.165) is 37.4 Å². The fourth-order valence-corrected chi connectivity index (χ4v) is 6.01. The minimum absolute atomic E-state index is 0.182. The quantitative estimate of drug-likeness (QED) is 0.878. The van der Waals surface area contributed by atoms with Gasteiger partial charge in [0.25, 0.3) is 0 Å². The van der Waals surface area contributed by atoms with Gasteiger partial charge in [-0.3, -0.25) is 9.48 Å². The first kappa shape index (κ1) is 17.7. The molecule has 0 aromatic carbocycles. The molecule has 2 aliphatic heterocycles. The summed E-state index contributed by atoms with van der Waals surface area (Å²) in [7, 11) is 0. The van der Waals surface area contributed by atoms with Crippen molar-refractivity contribution in [3.63, 3.8) is 0 Å². The zero-order chi connectivity index (χ0) is 17.1. The average Bonchev–Trinajstić information content (AvgIpc) is 2.97. The largest absolute Gasteiger partial charge is 0.478 e. The standard InChI is InChI=1S/C16H23N3O3S2/c1-11-14(16(21)22)9-17-19(11)12-2-4-18(5-3-12)15(20)8-13-10-23-6-7-24-13/h9,12-13H,2-8,10H2,1H3,(H,21,22). The van der Waals surface area contributed by atoms with Crippen molar-refractivity contribution in [1.29, 1.82) is 0 Å². The molecule has 1 amide bonds. The Kier molecular flexibility index (Phi) is 5.76. The lowest BCUT2D eigenvalue weighted by Gasteiger charge is -2.33. The van der Waals surface area contributed by atoms with Gasteiger partial charge in [-0.05, 0) is 19.8 Å². The molecule has 1 aromatic rings. The van der Waals surface area contributed by atoms with Gasteiger partial charge in [0, 0.05) is 42.0 Å². The lowest BCUT2D eigenvalue weighted by atomic mass is 10.0. The molecule has 2 aliphatic rings. The molecule has 1 atom stereocenters. The first-order valence-corrected chi connectivity index (χ1v) is 10.5. The van der Waals surface area contributed by atoms with Gasteiger partial charge < -0.3 is 10.0 Å². The highest BCUT2D eigenvalue weighted by Gasteiger charge is 2.28. The number of piperidine rings is 1. The highest BCUT2D eigenvalue weighted by molar-refractivity contribution is 8.06. The summed E-state index contributed by atoms with van der Waals surface area (Å²) in [4.78, 5) is 25.6. The van der Waals surface area contributed by atoms with E-state index in [1.165, 1.54) is 11.9 Å². The summed E-state index contributed by atoms with van der Waals surface area (Å²) in [5.41, 5.74) is 0.961. The summed E-state index contributed by atoms with van der Waals surface area (Å²) < 4.78 is 1.82. The van der Waals surface area contributed by atoms with E-state index in [4.69, 9.17) is 5.11 Å². The van der Waals surface area contributed by atoms with Crippen LogP contribution in [0, 0.1) is 6.92 Å². The van der Waals surface area contributed by atoms with E-state index in [2.05, 4.69) is 5.10 Å². The van der Waals surface area contributed by atoms with Crippen molar-refractivity contribution >= 4 is 35.4 Å². The second kappa shape index (κ2) is 7.82. The van der Waals surface area contributed by atoms with E-state index < -0.39 is 5.97 Å². The second-order valence-electron chi connectivity index (χ2n) is 6.28. The molecule has 0 aliphatic carbocycles. The maximum atomic E-state index is 12.5. The van der Waals surface area contributed by atoms with Crippen molar-refractivity contribution in [1.82, 2.24) is 14.7 Å². The zero-order valence-corrected chi connectivity index (χ0v) is 15.4. The normalized spacial score (nSPS) is 22.5. The van der Waals surface area contributed by atoms with Gasteiger partial charge in [-0.2, -0.15) is 28.6 Å². The van der Waals surface area contributed by atoms with Crippen LogP contribution in [0.3, 0.4) is 0 Å². The highest BCUT2D eigenvalue weighted by Crippen LogP contribution is 2.29. The highest BCUT2D eigenvalue weighted by atomic mass is 32.2. The van der Waals surface area contributed by atoms with Crippen molar-refractivity contribution in [2.24, 2.45) is 0 Å². The third kappa shape index (κ3) is 3.91. The van der Waals surface area contributed by atoms with Crippen LogP contribution in [0.5, 0.6) is 0 Å². The fourth-order valence-electron chi connectivity index (χ4n) is 3.34. The van der Waals surface area contributed by atoms with Crippen LogP contribution in [-0.2, 0) is 4.79 Å². The van der Waals surface area contributed by atoms with Gasteiger partial charge in [0.1, 0.15) is 5.56 Å². The second-order valence-corrected chi connectivity index (χ2v) is 8.84. The molecule has 1 N–H and O–H groups in total. The Morgan fingerprint density at radius 1 is 1.33 bits per heavy atom. The average molecular weight is 370 g/mol. The number of nitrogens with zero attached hydrogens (tertiary/aromatic N) is 3. The van der Waals surface area contributed by atoms with Crippen LogP contribution >= 0.6 is 23.5 Å². The van der Waals surface area contributed by atoms with E-state index in [1.54, 1.807) is 6.92 Å². The molecule has 2 saturated heterocycles. The van der Waals surface area contributed by atoms with Crippen molar-refractivity contribution in [2.45, 2.75) is 37.5 Å². The number of carbonyl (C=O) groups excluding carboxylic acids is 1. The molecule has 3 heterocycles. The number of hydrogen-bond acceptors (Lipinski definition) is 5. The minimum Gasteiger partial charge on any atom is -0.478 e. The Morgan fingerprint density at radius 2 is 2.08 bits per heavy atom. The minimum atomic E-state index is -0.936. The first-order chi connectivity index (χ1) is 11.6. The SMILES string of the molecule is Cc1c(C(=O)O)cnn1C1CCN(C(=O)CC2CSCCS2)CC1. The van der Waals surface area contributed by atoms with Gasteiger partial charge in [0.15, 0.2) is 0 Å². The van der Waals surface area contributed by atoms with E-state index in [0.29, 0.717) is 17.4 Å². The van der Waals surface area contributed by atoms with Gasteiger partial charge >= 0.3 is 5.97 Å². The van der Waals surface area contributed by atoms with Crippen molar-refractivity contribution in [3.05, 3.63) is 17.5 Å². The third-order valence-electron chi connectivity index (χ3n) is 4.73. The summed E-state index contributed by atoms with van der Waals surface area (Å²) in [5, 5.41) is 13.8. The number of aromatic carboxylic acids is 1. The van der Waals surface area contributed by atoms with Crippen molar-refractivity contribution < 1.29 is 14.7 Å². The summed E-state index contributed by atoms with van der Waals surface area (Å²) in [5.74, 6) is 2.75. The van der Waals surface area contributed by atoms with Crippen LogP contribution in [0.15, 0.2) is 6.20 Å². The lowest BCUT2D eigenvalue weighted by Crippen LogP contribution is -2.40. The Hall–Kier alpha value is -1.15. The Morgan fingerprint density at radius 3 is 2.67 bits per heavy atom. The summed E-state index contributed by atoms with van der Waals surface area (Å²) in [6.07, 6.45) is 3.74. The Balaban J connectivity index is 1.53. The number of thioether (sulfide) groups is 2. The number of carboxylic acid groups (broad SMARTS) is 1. The number of rotatable bonds is 4. The van der Waals surface area contributed by atoms with Gasteiger partial charge in [-0.1, -0.05) is 0 Å². The van der Waals surface area contributed by atoms with Crippen LogP contribution in [0.25, 0.3) is 0 Å². The number of carboxylic acids is 1. The first-order valence-electron chi connectivity index (χ1n) is 8.30. The van der Waals surface area contributed by atoms with Crippen LogP contribution in [0.4, 0.5) is 0 Å². The topological polar surface area (TPSA) is 75.4 Å². The predicted molar refractivity (Wildman–Crippen MR) is 97.0 cm³/mol.